The lowest BCUT2D eigenvalue weighted by molar-refractivity contribution is 0.0226. The van der Waals surface area contributed by atoms with Crippen LogP contribution < -0.4 is 4.74 Å². The zero-order chi connectivity index (χ0) is 15.4. The maximum Gasteiger partial charge on any atom is 0.125 e. The Morgan fingerprint density at radius 2 is 1.65 bits per heavy atom. The number of methoxy groups -OCH3 is 1. The van der Waals surface area contributed by atoms with Gasteiger partial charge >= 0.3 is 0 Å². The molecule has 0 saturated carbocycles. The Bertz CT molecular complexity index is 444. The van der Waals surface area contributed by atoms with Crippen molar-refractivity contribution in [3.05, 3.63) is 28.3 Å². The van der Waals surface area contributed by atoms with Gasteiger partial charge in [-0.3, -0.25) is 0 Å². The molecule has 3 unspecified atom stereocenters. The highest BCUT2D eigenvalue weighted by atomic mass is 35.5. The van der Waals surface area contributed by atoms with Crippen molar-refractivity contribution in [1.82, 2.24) is 0 Å². The van der Waals surface area contributed by atoms with Crippen LogP contribution in [-0.4, -0.2) is 29.5 Å². The molecule has 4 heteroatoms. The molecule has 0 aliphatic carbocycles. The molecule has 3 nitrogen and oxygen atoms in total. The molecule has 1 aromatic carbocycles. The van der Waals surface area contributed by atoms with Crippen LogP contribution in [0.4, 0.5) is 0 Å². The van der Waals surface area contributed by atoms with Gasteiger partial charge in [0.2, 0.25) is 0 Å². The van der Waals surface area contributed by atoms with Gasteiger partial charge in [0.25, 0.3) is 0 Å². The average molecular weight is 301 g/mol. The molecule has 0 spiro atoms. The molecule has 0 aliphatic rings. The van der Waals surface area contributed by atoms with Crippen LogP contribution in [0.5, 0.6) is 5.75 Å². The first-order valence-electron chi connectivity index (χ1n) is 7.01. The minimum Gasteiger partial charge on any atom is -0.496 e. The van der Waals surface area contributed by atoms with E-state index in [0.29, 0.717) is 17.4 Å². The lowest BCUT2D eigenvalue weighted by atomic mass is 9.89. The minimum absolute atomic E-state index is 0.0470. The number of benzene rings is 1. The number of hydrogen-bond donors (Lipinski definition) is 2. The second-order valence-electron chi connectivity index (χ2n) is 5.72. The fraction of sp³-hybridized carbons (Fsp3) is 0.625. The summed E-state index contributed by atoms with van der Waals surface area (Å²) in [5.41, 5.74) is 2.04. The summed E-state index contributed by atoms with van der Waals surface area (Å²) in [6, 6.07) is 3.80. The van der Waals surface area contributed by atoms with Crippen molar-refractivity contribution in [2.24, 2.45) is 0 Å². The second kappa shape index (κ2) is 7.30. The van der Waals surface area contributed by atoms with Gasteiger partial charge in [0.15, 0.2) is 0 Å². The van der Waals surface area contributed by atoms with Crippen LogP contribution in [0.15, 0.2) is 12.1 Å². The molecule has 1 rings (SSSR count). The Balaban J connectivity index is 3.16. The fourth-order valence-electron chi connectivity index (χ4n) is 2.35. The van der Waals surface area contributed by atoms with Gasteiger partial charge in [-0.25, -0.2) is 0 Å². The molecule has 0 saturated heterocycles. The molecular formula is C16H25ClO3. The van der Waals surface area contributed by atoms with Gasteiger partial charge in [-0.1, -0.05) is 32.4 Å². The van der Waals surface area contributed by atoms with Crippen molar-refractivity contribution in [3.63, 3.8) is 0 Å². The third-order valence-corrected chi connectivity index (χ3v) is 3.84. The smallest absolute Gasteiger partial charge is 0.125 e. The summed E-state index contributed by atoms with van der Waals surface area (Å²) in [7, 11) is 1.65. The normalized spacial score (nSPS) is 16.1. The van der Waals surface area contributed by atoms with Crippen molar-refractivity contribution in [3.8, 4) is 5.75 Å². The molecule has 0 aromatic heterocycles. The van der Waals surface area contributed by atoms with E-state index in [-0.39, 0.29) is 5.92 Å². The number of aliphatic hydroxyl groups is 2. The Kier molecular flexibility index (Phi) is 6.31. The van der Waals surface area contributed by atoms with Crippen molar-refractivity contribution < 1.29 is 14.9 Å². The van der Waals surface area contributed by atoms with E-state index in [1.165, 1.54) is 0 Å². The summed E-state index contributed by atoms with van der Waals surface area (Å²) in [6.45, 7) is 7.77. The summed E-state index contributed by atoms with van der Waals surface area (Å²) in [5.74, 6) is 1.18. The van der Waals surface area contributed by atoms with E-state index < -0.39 is 12.2 Å². The predicted molar refractivity (Wildman–Crippen MR) is 82.8 cm³/mol. The Labute approximate surface area is 126 Å². The van der Waals surface area contributed by atoms with Crippen LogP contribution in [0.2, 0.25) is 5.02 Å². The van der Waals surface area contributed by atoms with E-state index in [1.54, 1.807) is 14.0 Å². The first-order chi connectivity index (χ1) is 9.27. The summed E-state index contributed by atoms with van der Waals surface area (Å²) in [4.78, 5) is 0. The predicted octanol–water partition coefficient (Wildman–Crippen LogP) is 3.71. The van der Waals surface area contributed by atoms with E-state index in [2.05, 4.69) is 13.8 Å². The van der Waals surface area contributed by atoms with Gasteiger partial charge in [-0.2, -0.15) is 0 Å². The third kappa shape index (κ3) is 4.11. The van der Waals surface area contributed by atoms with Gasteiger partial charge in [-0.15, -0.1) is 0 Å². The van der Waals surface area contributed by atoms with E-state index in [9.17, 15) is 10.2 Å². The average Bonchev–Trinajstić information content (AvgIpc) is 2.37. The molecule has 0 heterocycles. The number of halogens is 1. The SMILES string of the molecule is COc1c(C(C)C)cc(Cl)cc1C(C)CC(O)C(C)O. The third-order valence-electron chi connectivity index (χ3n) is 3.62. The summed E-state index contributed by atoms with van der Waals surface area (Å²) < 4.78 is 5.55. The molecule has 0 bridgehead atoms. The molecule has 0 fully saturated rings. The topological polar surface area (TPSA) is 49.7 Å². The summed E-state index contributed by atoms with van der Waals surface area (Å²) in [5, 5.41) is 19.9. The van der Waals surface area contributed by atoms with Crippen LogP contribution >= 0.6 is 11.6 Å². The molecule has 3 atom stereocenters. The number of aliphatic hydroxyl groups excluding tert-OH is 2. The molecule has 0 amide bonds. The molecule has 114 valence electrons. The lowest BCUT2D eigenvalue weighted by Gasteiger charge is -2.23. The van der Waals surface area contributed by atoms with Gasteiger partial charge in [0.1, 0.15) is 5.75 Å². The van der Waals surface area contributed by atoms with Crippen LogP contribution in [0, 0.1) is 0 Å². The van der Waals surface area contributed by atoms with E-state index in [1.807, 2.05) is 19.1 Å². The van der Waals surface area contributed by atoms with Crippen LogP contribution in [0.3, 0.4) is 0 Å². The number of ether oxygens (including phenoxy) is 1. The van der Waals surface area contributed by atoms with Crippen molar-refractivity contribution in [2.45, 2.75) is 58.2 Å². The number of hydrogen-bond acceptors (Lipinski definition) is 3. The molecule has 2 N–H and O–H groups in total. The Morgan fingerprint density at radius 1 is 1.10 bits per heavy atom. The summed E-state index contributed by atoms with van der Waals surface area (Å²) >= 11 is 6.20. The van der Waals surface area contributed by atoms with Gasteiger partial charge in [0, 0.05) is 5.02 Å². The zero-order valence-electron chi connectivity index (χ0n) is 12.9. The van der Waals surface area contributed by atoms with E-state index >= 15 is 0 Å². The maximum absolute atomic E-state index is 9.85. The fourth-order valence-corrected chi connectivity index (χ4v) is 2.59. The maximum atomic E-state index is 9.85. The lowest BCUT2D eigenvalue weighted by Crippen LogP contribution is -2.24. The number of rotatable bonds is 6. The van der Waals surface area contributed by atoms with Crippen LogP contribution in [-0.2, 0) is 0 Å². The first kappa shape index (κ1) is 17.3. The van der Waals surface area contributed by atoms with Crippen molar-refractivity contribution in [1.29, 1.82) is 0 Å². The quantitative estimate of drug-likeness (QED) is 0.842. The van der Waals surface area contributed by atoms with Crippen molar-refractivity contribution in [2.75, 3.05) is 7.11 Å². The zero-order valence-corrected chi connectivity index (χ0v) is 13.6. The van der Waals surface area contributed by atoms with Crippen LogP contribution in [0.25, 0.3) is 0 Å². The molecule has 0 aliphatic heterocycles. The van der Waals surface area contributed by atoms with Gasteiger partial charge in [-0.05, 0) is 48.4 Å². The summed E-state index contributed by atoms with van der Waals surface area (Å²) in [6.07, 6.45) is -1.03. The van der Waals surface area contributed by atoms with E-state index in [0.717, 1.165) is 16.9 Å². The Morgan fingerprint density at radius 3 is 2.10 bits per heavy atom. The first-order valence-corrected chi connectivity index (χ1v) is 7.39. The minimum atomic E-state index is -0.754. The van der Waals surface area contributed by atoms with Gasteiger partial charge in [0.05, 0.1) is 19.3 Å². The van der Waals surface area contributed by atoms with Crippen LogP contribution in [0.1, 0.15) is 57.1 Å². The molecule has 20 heavy (non-hydrogen) atoms. The highest BCUT2D eigenvalue weighted by Crippen LogP contribution is 2.38. The van der Waals surface area contributed by atoms with E-state index in [4.69, 9.17) is 16.3 Å². The Hall–Kier alpha value is -0.770. The monoisotopic (exact) mass is 300 g/mol. The molecule has 0 radical (unpaired) electrons. The van der Waals surface area contributed by atoms with Crippen molar-refractivity contribution >= 4 is 11.6 Å². The largest absolute Gasteiger partial charge is 0.496 e. The highest BCUT2D eigenvalue weighted by molar-refractivity contribution is 6.30. The molecule has 1 aromatic rings. The van der Waals surface area contributed by atoms with Gasteiger partial charge < -0.3 is 14.9 Å². The highest BCUT2D eigenvalue weighted by Gasteiger charge is 2.22. The molecular weight excluding hydrogens is 276 g/mol. The second-order valence-corrected chi connectivity index (χ2v) is 6.15. The standard InChI is InChI=1S/C16H25ClO3/c1-9(2)13-7-12(17)8-14(16(13)20-5)10(3)6-15(19)11(4)18/h7-11,15,18-19H,6H2,1-5H3.